The van der Waals surface area contributed by atoms with Gasteiger partial charge in [0, 0.05) is 36.5 Å². The summed E-state index contributed by atoms with van der Waals surface area (Å²) >= 11 is 0. The number of H-pyrrole nitrogens is 1. The van der Waals surface area contributed by atoms with Gasteiger partial charge in [0.25, 0.3) is 0 Å². The third kappa shape index (κ3) is 3.52. The van der Waals surface area contributed by atoms with Crippen molar-refractivity contribution in [1.82, 2.24) is 19.9 Å². The van der Waals surface area contributed by atoms with Crippen molar-refractivity contribution in [2.75, 3.05) is 25.6 Å². The topological polar surface area (TPSA) is 96.0 Å². The number of hydrogen-bond donors (Lipinski definition) is 3. The number of aromatic nitrogens is 4. The van der Waals surface area contributed by atoms with Gasteiger partial charge in [0.05, 0.1) is 17.9 Å². The molecule has 0 radical (unpaired) electrons. The summed E-state index contributed by atoms with van der Waals surface area (Å²) in [6, 6.07) is 13.0. The van der Waals surface area contributed by atoms with E-state index in [0.717, 1.165) is 33.8 Å². The van der Waals surface area contributed by atoms with Gasteiger partial charge < -0.3 is 20.1 Å². The first-order chi connectivity index (χ1) is 13.7. The second kappa shape index (κ2) is 7.66. The highest BCUT2D eigenvalue weighted by Gasteiger charge is 2.14. The number of fused-ring (bicyclic) bond motifs is 1. The number of rotatable bonds is 6. The second-order valence-corrected chi connectivity index (χ2v) is 6.45. The number of para-hydroxylation sites is 1. The number of benzene rings is 1. The fourth-order valence-electron chi connectivity index (χ4n) is 3.11. The number of anilines is 1. The Morgan fingerprint density at radius 3 is 2.75 bits per heavy atom. The number of nitrogens with zero attached hydrogens (tertiary/aromatic N) is 3. The van der Waals surface area contributed by atoms with E-state index in [0.29, 0.717) is 24.5 Å². The molecule has 0 aliphatic carbocycles. The van der Waals surface area contributed by atoms with Crippen LogP contribution in [0.3, 0.4) is 0 Å². The lowest BCUT2D eigenvalue weighted by Gasteiger charge is -2.11. The molecule has 1 aromatic carbocycles. The summed E-state index contributed by atoms with van der Waals surface area (Å²) in [6.45, 7) is 3.16. The number of aromatic amines is 1. The molecular weight excluding hydrogens is 354 g/mol. The molecule has 142 valence electrons. The van der Waals surface area contributed by atoms with Crippen molar-refractivity contribution in [3.05, 3.63) is 54.4 Å². The van der Waals surface area contributed by atoms with Crippen molar-refractivity contribution in [2.45, 2.75) is 6.92 Å². The van der Waals surface area contributed by atoms with Crippen molar-refractivity contribution < 1.29 is 9.84 Å². The molecule has 7 heteroatoms. The summed E-state index contributed by atoms with van der Waals surface area (Å²) in [6.07, 6.45) is 1.86. The van der Waals surface area contributed by atoms with Gasteiger partial charge in [0.15, 0.2) is 5.82 Å². The van der Waals surface area contributed by atoms with E-state index in [4.69, 9.17) is 9.72 Å². The van der Waals surface area contributed by atoms with Crippen molar-refractivity contribution in [3.8, 4) is 28.4 Å². The maximum Gasteiger partial charge on any atom is 0.163 e. The molecule has 3 aromatic heterocycles. The molecule has 0 aliphatic rings. The molecule has 0 unspecified atom stereocenters. The van der Waals surface area contributed by atoms with Crippen LogP contribution in [0, 0.1) is 6.92 Å². The average Bonchev–Trinajstić information content (AvgIpc) is 3.16. The van der Waals surface area contributed by atoms with Crippen LogP contribution < -0.4 is 5.32 Å². The van der Waals surface area contributed by atoms with E-state index in [1.54, 1.807) is 19.2 Å². The minimum absolute atomic E-state index is 0.155. The molecular formula is C21H21N5O2. The van der Waals surface area contributed by atoms with E-state index in [1.807, 2.05) is 43.5 Å². The molecule has 0 saturated carbocycles. The highest BCUT2D eigenvalue weighted by Crippen LogP contribution is 2.32. The molecule has 0 spiro atoms. The maximum absolute atomic E-state index is 10.2. The summed E-state index contributed by atoms with van der Waals surface area (Å²) in [7, 11) is 1.67. The Bertz CT molecular complexity index is 1120. The molecule has 0 amide bonds. The quantitative estimate of drug-likeness (QED) is 0.444. The number of phenols is 1. The van der Waals surface area contributed by atoms with Gasteiger partial charge in [-0.25, -0.2) is 15.0 Å². The van der Waals surface area contributed by atoms with E-state index in [2.05, 4.69) is 20.3 Å². The Kier molecular flexibility index (Phi) is 4.90. The predicted molar refractivity (Wildman–Crippen MR) is 109 cm³/mol. The van der Waals surface area contributed by atoms with Gasteiger partial charge in [0.2, 0.25) is 0 Å². The van der Waals surface area contributed by atoms with Gasteiger partial charge in [-0.15, -0.1) is 0 Å². The summed E-state index contributed by atoms with van der Waals surface area (Å²) in [4.78, 5) is 17.0. The summed E-state index contributed by atoms with van der Waals surface area (Å²) in [5.41, 5.74) is 3.90. The van der Waals surface area contributed by atoms with Crippen molar-refractivity contribution in [3.63, 3.8) is 0 Å². The first kappa shape index (κ1) is 17.9. The molecule has 28 heavy (non-hydrogen) atoms. The van der Waals surface area contributed by atoms with Gasteiger partial charge in [-0.2, -0.15) is 0 Å². The van der Waals surface area contributed by atoms with E-state index < -0.39 is 0 Å². The Labute approximate surface area is 162 Å². The summed E-state index contributed by atoms with van der Waals surface area (Å²) in [5, 5.41) is 14.4. The number of nitrogens with one attached hydrogen (secondary N) is 2. The molecule has 0 atom stereocenters. The molecule has 3 heterocycles. The van der Waals surface area contributed by atoms with Crippen molar-refractivity contribution in [1.29, 1.82) is 0 Å². The standard InChI is InChI=1S/C21H21N5O2/c1-13-11-17(25-21(24-13)15-5-3-4-6-18(15)27)16-12-19(22-9-10-28-2)26-20-14(16)7-8-23-20/h3-8,11-12,27H,9-10H2,1-2H3,(H2,22,23,26). The van der Waals surface area contributed by atoms with Crippen LogP contribution in [0.2, 0.25) is 0 Å². The Balaban J connectivity index is 1.83. The molecule has 0 bridgehead atoms. The molecule has 0 fully saturated rings. The Hall–Kier alpha value is -3.45. The first-order valence-electron chi connectivity index (χ1n) is 9.01. The van der Waals surface area contributed by atoms with Gasteiger partial charge in [0.1, 0.15) is 17.2 Å². The van der Waals surface area contributed by atoms with Gasteiger partial charge in [-0.05, 0) is 37.3 Å². The zero-order valence-corrected chi connectivity index (χ0v) is 15.7. The van der Waals surface area contributed by atoms with Gasteiger partial charge in [-0.3, -0.25) is 0 Å². The largest absolute Gasteiger partial charge is 0.507 e. The van der Waals surface area contributed by atoms with Crippen molar-refractivity contribution >= 4 is 16.9 Å². The summed E-state index contributed by atoms with van der Waals surface area (Å²) in [5.74, 6) is 1.38. The number of methoxy groups -OCH3 is 1. The molecule has 4 aromatic rings. The van der Waals surface area contributed by atoms with E-state index >= 15 is 0 Å². The average molecular weight is 375 g/mol. The van der Waals surface area contributed by atoms with Crippen LogP contribution in [0.15, 0.2) is 48.7 Å². The first-order valence-corrected chi connectivity index (χ1v) is 9.01. The van der Waals surface area contributed by atoms with Crippen LogP contribution in [0.25, 0.3) is 33.7 Å². The number of aromatic hydroxyl groups is 1. The molecule has 7 nitrogen and oxygen atoms in total. The van der Waals surface area contributed by atoms with Crippen LogP contribution >= 0.6 is 0 Å². The van der Waals surface area contributed by atoms with Crippen LogP contribution in [0.5, 0.6) is 5.75 Å². The van der Waals surface area contributed by atoms with Gasteiger partial charge >= 0.3 is 0 Å². The van der Waals surface area contributed by atoms with Crippen molar-refractivity contribution in [2.24, 2.45) is 0 Å². The minimum Gasteiger partial charge on any atom is -0.507 e. The SMILES string of the molecule is COCCNc1cc(-c2cc(C)nc(-c3ccccc3O)n2)c2cc[nH]c2n1. The fraction of sp³-hybridized carbons (Fsp3) is 0.190. The Morgan fingerprint density at radius 2 is 1.93 bits per heavy atom. The highest BCUT2D eigenvalue weighted by atomic mass is 16.5. The van der Waals surface area contributed by atoms with E-state index in [-0.39, 0.29) is 5.75 Å². The second-order valence-electron chi connectivity index (χ2n) is 6.45. The lowest BCUT2D eigenvalue weighted by molar-refractivity contribution is 0.210. The third-order valence-corrected chi connectivity index (χ3v) is 4.42. The van der Waals surface area contributed by atoms with Crippen LogP contribution in [-0.2, 0) is 4.74 Å². The number of aryl methyl sites for hydroxylation is 1. The fourth-order valence-corrected chi connectivity index (χ4v) is 3.11. The third-order valence-electron chi connectivity index (χ3n) is 4.42. The number of ether oxygens (including phenoxy) is 1. The molecule has 4 rings (SSSR count). The van der Waals surface area contributed by atoms with Crippen LogP contribution in [-0.4, -0.2) is 45.3 Å². The lowest BCUT2D eigenvalue weighted by Crippen LogP contribution is -2.09. The maximum atomic E-state index is 10.2. The van der Waals surface area contributed by atoms with Crippen LogP contribution in [0.1, 0.15) is 5.69 Å². The van der Waals surface area contributed by atoms with E-state index in [9.17, 15) is 5.11 Å². The predicted octanol–water partition coefficient (Wildman–Crippen LogP) is 3.76. The number of pyridine rings is 1. The monoisotopic (exact) mass is 375 g/mol. The van der Waals surface area contributed by atoms with Crippen LogP contribution in [0.4, 0.5) is 5.82 Å². The normalized spacial score (nSPS) is 11.1. The van der Waals surface area contributed by atoms with E-state index in [1.165, 1.54) is 0 Å². The number of phenolic OH excluding ortho intramolecular Hbond substituents is 1. The smallest absolute Gasteiger partial charge is 0.163 e. The minimum atomic E-state index is 0.155. The lowest BCUT2D eigenvalue weighted by atomic mass is 10.1. The van der Waals surface area contributed by atoms with Gasteiger partial charge in [-0.1, -0.05) is 12.1 Å². The zero-order chi connectivity index (χ0) is 19.5. The highest BCUT2D eigenvalue weighted by molar-refractivity contribution is 5.94. The molecule has 0 aliphatic heterocycles. The number of hydrogen-bond acceptors (Lipinski definition) is 6. The summed E-state index contributed by atoms with van der Waals surface area (Å²) < 4.78 is 5.10. The Morgan fingerprint density at radius 1 is 1.07 bits per heavy atom. The molecule has 0 saturated heterocycles. The molecule has 3 N–H and O–H groups in total. The zero-order valence-electron chi connectivity index (χ0n) is 15.7.